The summed E-state index contributed by atoms with van der Waals surface area (Å²) in [5.41, 5.74) is 5.64. The zero-order valence-electron chi connectivity index (χ0n) is 9.89. The molecule has 0 fully saturated rings. The lowest BCUT2D eigenvalue weighted by molar-refractivity contribution is -0.116. The lowest BCUT2D eigenvalue weighted by atomic mass is 10.1. The van der Waals surface area contributed by atoms with Crippen LogP contribution in [0.15, 0.2) is 12.1 Å². The maximum absolute atomic E-state index is 13.4. The normalized spacial score (nSPS) is 12.3. The molecule has 0 aliphatic heterocycles. The number of carbonyl (C=O) groups excluding carboxylic acids is 1. The van der Waals surface area contributed by atoms with Gasteiger partial charge in [-0.15, -0.1) is 0 Å². The van der Waals surface area contributed by atoms with Crippen LogP contribution in [-0.4, -0.2) is 11.9 Å². The predicted molar refractivity (Wildman–Crippen MR) is 62.6 cm³/mol. The molecule has 0 saturated carbocycles. The minimum atomic E-state index is -0.651. The molecule has 3 nitrogen and oxygen atoms in total. The Balaban J connectivity index is 2.75. The number of nitrogens with two attached hydrogens (primary N) is 1. The summed E-state index contributed by atoms with van der Waals surface area (Å²) >= 11 is 0. The molecule has 5 heteroatoms. The van der Waals surface area contributed by atoms with Gasteiger partial charge in [-0.3, -0.25) is 4.79 Å². The fourth-order valence-corrected chi connectivity index (χ4v) is 1.33. The number of aryl methyl sites for hydroxylation is 1. The van der Waals surface area contributed by atoms with E-state index in [1.165, 1.54) is 6.92 Å². The van der Waals surface area contributed by atoms with Crippen molar-refractivity contribution in [2.24, 2.45) is 5.73 Å². The topological polar surface area (TPSA) is 55.1 Å². The number of anilines is 1. The van der Waals surface area contributed by atoms with Crippen molar-refractivity contribution >= 4 is 11.6 Å². The molecule has 1 amide bonds. The van der Waals surface area contributed by atoms with E-state index < -0.39 is 17.5 Å². The van der Waals surface area contributed by atoms with Crippen LogP contribution >= 0.6 is 0 Å². The van der Waals surface area contributed by atoms with E-state index in [9.17, 15) is 13.6 Å². The molecule has 94 valence electrons. The Hall–Kier alpha value is -1.49. The number of benzene rings is 1. The average molecular weight is 242 g/mol. The van der Waals surface area contributed by atoms with Crippen LogP contribution in [0.1, 0.15) is 25.3 Å². The largest absolute Gasteiger partial charge is 0.327 e. The van der Waals surface area contributed by atoms with Crippen molar-refractivity contribution in [3.8, 4) is 0 Å². The summed E-state index contributed by atoms with van der Waals surface area (Å²) in [7, 11) is 0. The Morgan fingerprint density at radius 1 is 1.41 bits per heavy atom. The number of carbonyl (C=O) groups is 1. The molecule has 3 N–H and O–H groups in total. The Labute approximate surface area is 99.0 Å². The van der Waals surface area contributed by atoms with E-state index in [1.807, 2.05) is 6.92 Å². The minimum Gasteiger partial charge on any atom is -0.327 e. The molecule has 0 aliphatic rings. The Kier molecular flexibility index (Phi) is 4.57. The first kappa shape index (κ1) is 13.6. The molecule has 0 heterocycles. The molecular formula is C12H16F2N2O. The summed E-state index contributed by atoms with van der Waals surface area (Å²) in [5, 5.41) is 2.31. The molecule has 17 heavy (non-hydrogen) atoms. The molecule has 1 atom stereocenters. The second kappa shape index (κ2) is 5.72. The summed E-state index contributed by atoms with van der Waals surface area (Å²) in [5.74, 6) is -1.62. The summed E-state index contributed by atoms with van der Waals surface area (Å²) in [6, 6.07) is 1.75. The number of halogens is 2. The van der Waals surface area contributed by atoms with Gasteiger partial charge in [0.2, 0.25) is 5.91 Å². The smallest absolute Gasteiger partial charge is 0.226 e. The van der Waals surface area contributed by atoms with Crippen molar-refractivity contribution in [1.82, 2.24) is 0 Å². The number of hydrogen-bond donors (Lipinski definition) is 2. The van der Waals surface area contributed by atoms with Crippen molar-refractivity contribution in [3.63, 3.8) is 0 Å². The maximum Gasteiger partial charge on any atom is 0.226 e. The molecule has 1 unspecified atom stereocenters. The second-order valence-corrected chi connectivity index (χ2v) is 4.00. The van der Waals surface area contributed by atoms with Crippen LogP contribution < -0.4 is 11.1 Å². The lowest BCUT2D eigenvalue weighted by Crippen LogP contribution is -2.26. The average Bonchev–Trinajstić information content (AvgIpc) is 2.25. The third kappa shape index (κ3) is 3.78. The van der Waals surface area contributed by atoms with Crippen molar-refractivity contribution < 1.29 is 13.6 Å². The van der Waals surface area contributed by atoms with Gasteiger partial charge in [-0.1, -0.05) is 6.92 Å². The first-order chi connectivity index (χ1) is 7.93. The summed E-state index contributed by atoms with van der Waals surface area (Å²) < 4.78 is 26.6. The highest BCUT2D eigenvalue weighted by molar-refractivity contribution is 5.91. The van der Waals surface area contributed by atoms with Gasteiger partial charge in [-0.05, 0) is 25.0 Å². The zero-order valence-corrected chi connectivity index (χ0v) is 9.89. The van der Waals surface area contributed by atoms with E-state index in [0.29, 0.717) is 6.42 Å². The van der Waals surface area contributed by atoms with Gasteiger partial charge in [0, 0.05) is 18.5 Å². The SMILES string of the molecule is CCC(N)CC(=O)Nc1cc(F)c(C)cc1F. The van der Waals surface area contributed by atoms with Crippen molar-refractivity contribution in [3.05, 3.63) is 29.3 Å². The van der Waals surface area contributed by atoms with Gasteiger partial charge in [-0.25, -0.2) is 8.78 Å². The minimum absolute atomic E-state index is 0.0887. The van der Waals surface area contributed by atoms with Gasteiger partial charge in [0.05, 0.1) is 5.69 Å². The molecule has 0 bridgehead atoms. The summed E-state index contributed by atoms with van der Waals surface area (Å²) in [4.78, 5) is 11.4. The lowest BCUT2D eigenvalue weighted by Gasteiger charge is -2.10. The van der Waals surface area contributed by atoms with Crippen molar-refractivity contribution in [2.75, 3.05) is 5.32 Å². The van der Waals surface area contributed by atoms with Crippen LogP contribution in [0.3, 0.4) is 0 Å². The molecule has 0 saturated heterocycles. The third-order valence-corrected chi connectivity index (χ3v) is 2.49. The van der Waals surface area contributed by atoms with Crippen LogP contribution in [0, 0.1) is 18.6 Å². The van der Waals surface area contributed by atoms with Crippen molar-refractivity contribution in [2.45, 2.75) is 32.7 Å². The first-order valence-corrected chi connectivity index (χ1v) is 5.45. The Bertz CT molecular complexity index is 421. The summed E-state index contributed by atoms with van der Waals surface area (Å²) in [6.07, 6.45) is 0.740. The third-order valence-electron chi connectivity index (χ3n) is 2.49. The van der Waals surface area contributed by atoms with Gasteiger partial charge < -0.3 is 11.1 Å². The van der Waals surface area contributed by atoms with E-state index in [4.69, 9.17) is 5.73 Å². The monoisotopic (exact) mass is 242 g/mol. The maximum atomic E-state index is 13.4. The van der Waals surface area contributed by atoms with E-state index in [2.05, 4.69) is 5.32 Å². The standard InChI is InChI=1S/C12H16F2N2O/c1-3-8(15)5-12(17)16-11-6-9(13)7(2)4-10(11)14/h4,6,8H,3,5,15H2,1-2H3,(H,16,17). The van der Waals surface area contributed by atoms with Crippen LogP contribution in [-0.2, 0) is 4.79 Å². The number of hydrogen-bond acceptors (Lipinski definition) is 2. The molecule has 0 spiro atoms. The Morgan fingerprint density at radius 2 is 2.06 bits per heavy atom. The zero-order chi connectivity index (χ0) is 13.0. The second-order valence-electron chi connectivity index (χ2n) is 4.00. The Morgan fingerprint density at radius 3 is 2.65 bits per heavy atom. The number of nitrogens with one attached hydrogen (secondary N) is 1. The predicted octanol–water partition coefficient (Wildman–Crippen LogP) is 2.34. The number of rotatable bonds is 4. The summed E-state index contributed by atoms with van der Waals surface area (Å²) in [6.45, 7) is 3.31. The van der Waals surface area contributed by atoms with Crippen LogP contribution in [0.2, 0.25) is 0 Å². The molecule has 1 rings (SSSR count). The van der Waals surface area contributed by atoms with E-state index in [1.54, 1.807) is 0 Å². The van der Waals surface area contributed by atoms with Gasteiger partial charge in [0.25, 0.3) is 0 Å². The molecule has 1 aromatic rings. The molecule has 0 aromatic heterocycles. The number of amides is 1. The van der Waals surface area contributed by atoms with Gasteiger partial charge in [-0.2, -0.15) is 0 Å². The van der Waals surface area contributed by atoms with Crippen molar-refractivity contribution in [1.29, 1.82) is 0 Å². The van der Waals surface area contributed by atoms with E-state index >= 15 is 0 Å². The van der Waals surface area contributed by atoms with Crippen LogP contribution in [0.4, 0.5) is 14.5 Å². The quantitative estimate of drug-likeness (QED) is 0.851. The first-order valence-electron chi connectivity index (χ1n) is 5.45. The molecule has 0 radical (unpaired) electrons. The molecular weight excluding hydrogens is 226 g/mol. The molecule has 1 aromatic carbocycles. The van der Waals surface area contributed by atoms with Gasteiger partial charge >= 0.3 is 0 Å². The van der Waals surface area contributed by atoms with Crippen LogP contribution in [0.25, 0.3) is 0 Å². The fourth-order valence-electron chi connectivity index (χ4n) is 1.33. The van der Waals surface area contributed by atoms with Crippen LogP contribution in [0.5, 0.6) is 0 Å². The highest BCUT2D eigenvalue weighted by Gasteiger charge is 2.12. The van der Waals surface area contributed by atoms with Gasteiger partial charge in [0.1, 0.15) is 11.6 Å². The highest BCUT2D eigenvalue weighted by Crippen LogP contribution is 2.19. The van der Waals surface area contributed by atoms with E-state index in [-0.39, 0.29) is 23.7 Å². The van der Waals surface area contributed by atoms with Gasteiger partial charge in [0.15, 0.2) is 0 Å². The molecule has 0 aliphatic carbocycles. The fraction of sp³-hybridized carbons (Fsp3) is 0.417. The van der Waals surface area contributed by atoms with E-state index in [0.717, 1.165) is 12.1 Å². The highest BCUT2D eigenvalue weighted by atomic mass is 19.1.